The third-order valence-electron chi connectivity index (χ3n) is 3.44. The van der Waals surface area contributed by atoms with Gasteiger partial charge in [-0.05, 0) is 48.9 Å². The second-order valence-electron chi connectivity index (χ2n) is 5.01. The maximum atomic E-state index is 9.41. The summed E-state index contributed by atoms with van der Waals surface area (Å²) < 4.78 is 3.17. The van der Waals surface area contributed by atoms with Gasteiger partial charge in [0.05, 0.1) is 0 Å². The molecule has 3 rings (SSSR count). The van der Waals surface area contributed by atoms with Crippen LogP contribution in [-0.2, 0) is 12.3 Å². The van der Waals surface area contributed by atoms with Crippen molar-refractivity contribution in [3.8, 4) is 17.1 Å². The van der Waals surface area contributed by atoms with Crippen LogP contribution in [0.5, 0.6) is 5.75 Å². The Morgan fingerprint density at radius 3 is 2.39 bits per heavy atom. The molecular weight excluding hydrogens is 374 g/mol. The van der Waals surface area contributed by atoms with E-state index < -0.39 is 0 Å². The van der Waals surface area contributed by atoms with E-state index in [-0.39, 0.29) is 5.75 Å². The number of aromatic hydroxyl groups is 1. The number of aromatic nitrogens is 3. The van der Waals surface area contributed by atoms with Crippen molar-refractivity contribution in [2.24, 2.45) is 0 Å². The summed E-state index contributed by atoms with van der Waals surface area (Å²) in [5.74, 6) is 1.92. The molecule has 0 unspecified atom stereocenters. The van der Waals surface area contributed by atoms with E-state index in [2.05, 4.69) is 49.8 Å². The minimum absolute atomic E-state index is 0.251. The minimum atomic E-state index is 0.251. The molecule has 0 saturated heterocycles. The van der Waals surface area contributed by atoms with Crippen molar-refractivity contribution >= 4 is 27.7 Å². The van der Waals surface area contributed by atoms with Gasteiger partial charge in [-0.1, -0.05) is 39.8 Å². The first-order chi connectivity index (χ1) is 11.2. The van der Waals surface area contributed by atoms with Crippen molar-refractivity contribution in [3.05, 3.63) is 58.6 Å². The van der Waals surface area contributed by atoms with E-state index in [0.717, 1.165) is 33.3 Å². The van der Waals surface area contributed by atoms with Crippen LogP contribution in [0.3, 0.4) is 0 Å². The van der Waals surface area contributed by atoms with Gasteiger partial charge in [-0.15, -0.1) is 10.2 Å². The van der Waals surface area contributed by atoms with Crippen LogP contribution < -0.4 is 0 Å². The van der Waals surface area contributed by atoms with Gasteiger partial charge in [0.25, 0.3) is 0 Å². The van der Waals surface area contributed by atoms with Crippen LogP contribution in [0.15, 0.2) is 58.2 Å². The average Bonchev–Trinajstić information content (AvgIpc) is 2.98. The molecule has 23 heavy (non-hydrogen) atoms. The second-order valence-corrected chi connectivity index (χ2v) is 6.87. The van der Waals surface area contributed by atoms with E-state index in [1.165, 1.54) is 5.56 Å². The number of hydrogen-bond acceptors (Lipinski definition) is 4. The van der Waals surface area contributed by atoms with Crippen LogP contribution in [0.1, 0.15) is 12.5 Å². The monoisotopic (exact) mass is 389 g/mol. The number of thioether (sulfide) groups is 1. The average molecular weight is 390 g/mol. The number of hydrogen-bond donors (Lipinski definition) is 1. The maximum Gasteiger partial charge on any atom is 0.191 e. The first-order valence-electron chi connectivity index (χ1n) is 7.27. The molecule has 0 saturated carbocycles. The Kier molecular flexibility index (Phi) is 5.03. The summed E-state index contributed by atoms with van der Waals surface area (Å²) in [4.78, 5) is 0. The van der Waals surface area contributed by atoms with E-state index in [4.69, 9.17) is 0 Å². The molecule has 0 aliphatic heterocycles. The van der Waals surface area contributed by atoms with Gasteiger partial charge < -0.3 is 9.67 Å². The molecule has 0 aliphatic rings. The Labute approximate surface area is 147 Å². The Bertz CT molecular complexity index is 785. The first kappa shape index (κ1) is 16.1. The summed E-state index contributed by atoms with van der Waals surface area (Å²) in [5.41, 5.74) is 2.20. The third-order valence-corrected chi connectivity index (χ3v) is 5.01. The van der Waals surface area contributed by atoms with E-state index >= 15 is 0 Å². The Balaban J connectivity index is 1.80. The van der Waals surface area contributed by atoms with E-state index in [1.54, 1.807) is 23.9 Å². The lowest BCUT2D eigenvalue weighted by molar-refractivity contribution is 0.475. The van der Waals surface area contributed by atoms with Crippen LogP contribution in [-0.4, -0.2) is 19.9 Å². The van der Waals surface area contributed by atoms with Gasteiger partial charge in [-0.25, -0.2) is 0 Å². The second kappa shape index (κ2) is 7.19. The highest BCUT2D eigenvalue weighted by Crippen LogP contribution is 2.27. The van der Waals surface area contributed by atoms with E-state index in [0.29, 0.717) is 0 Å². The van der Waals surface area contributed by atoms with Gasteiger partial charge in [0, 0.05) is 22.3 Å². The zero-order chi connectivity index (χ0) is 16.2. The van der Waals surface area contributed by atoms with E-state index in [9.17, 15) is 5.11 Å². The summed E-state index contributed by atoms with van der Waals surface area (Å²) in [7, 11) is 0. The van der Waals surface area contributed by atoms with Crippen molar-refractivity contribution in [2.75, 3.05) is 0 Å². The number of halogens is 1. The molecule has 1 N–H and O–H groups in total. The quantitative estimate of drug-likeness (QED) is 0.641. The van der Waals surface area contributed by atoms with Crippen molar-refractivity contribution in [3.63, 3.8) is 0 Å². The molecule has 1 heterocycles. The standard InChI is InChI=1S/C17H16BrN3OS/c1-2-21-16(13-5-9-15(22)10-6-13)19-20-17(21)23-11-12-3-7-14(18)8-4-12/h3-10,22H,2,11H2,1H3. The number of phenols is 1. The molecule has 0 aliphatic carbocycles. The van der Waals surface area contributed by atoms with Crippen LogP contribution in [0.4, 0.5) is 0 Å². The molecule has 0 fully saturated rings. The SMILES string of the molecule is CCn1c(SCc2ccc(Br)cc2)nnc1-c1ccc(O)cc1. The van der Waals surface area contributed by atoms with Gasteiger partial charge in [-0.3, -0.25) is 0 Å². The molecule has 0 atom stereocenters. The van der Waals surface area contributed by atoms with Crippen molar-refractivity contribution < 1.29 is 5.11 Å². The van der Waals surface area contributed by atoms with Crippen LogP contribution in [0, 0.1) is 0 Å². The van der Waals surface area contributed by atoms with Gasteiger partial charge in [-0.2, -0.15) is 0 Å². The molecule has 0 bridgehead atoms. The topological polar surface area (TPSA) is 50.9 Å². The predicted molar refractivity (Wildman–Crippen MR) is 96.5 cm³/mol. The predicted octanol–water partition coefficient (Wildman–Crippen LogP) is 4.73. The highest BCUT2D eigenvalue weighted by Gasteiger charge is 2.13. The molecule has 1 aromatic heterocycles. The Morgan fingerprint density at radius 1 is 1.04 bits per heavy atom. The number of benzene rings is 2. The van der Waals surface area contributed by atoms with Crippen molar-refractivity contribution in [2.45, 2.75) is 24.4 Å². The molecule has 0 spiro atoms. The minimum Gasteiger partial charge on any atom is -0.508 e. The lowest BCUT2D eigenvalue weighted by atomic mass is 10.2. The Hall–Kier alpha value is -1.79. The Morgan fingerprint density at radius 2 is 1.74 bits per heavy atom. The lowest BCUT2D eigenvalue weighted by Gasteiger charge is -2.07. The zero-order valence-electron chi connectivity index (χ0n) is 12.6. The largest absolute Gasteiger partial charge is 0.508 e. The van der Waals surface area contributed by atoms with Crippen LogP contribution >= 0.6 is 27.7 Å². The van der Waals surface area contributed by atoms with E-state index in [1.807, 2.05) is 24.3 Å². The molecule has 3 aromatic rings. The number of phenolic OH excluding ortho intramolecular Hbond substituents is 1. The van der Waals surface area contributed by atoms with Crippen molar-refractivity contribution in [1.82, 2.24) is 14.8 Å². The molecular formula is C17H16BrN3OS. The van der Waals surface area contributed by atoms with Gasteiger partial charge in [0.15, 0.2) is 11.0 Å². The molecule has 6 heteroatoms. The molecule has 0 radical (unpaired) electrons. The van der Waals surface area contributed by atoms with Crippen LogP contribution in [0.2, 0.25) is 0 Å². The fraction of sp³-hybridized carbons (Fsp3) is 0.176. The maximum absolute atomic E-state index is 9.41. The number of rotatable bonds is 5. The van der Waals surface area contributed by atoms with Crippen molar-refractivity contribution in [1.29, 1.82) is 0 Å². The summed E-state index contributed by atoms with van der Waals surface area (Å²) in [6, 6.07) is 15.3. The summed E-state index contributed by atoms with van der Waals surface area (Å²) in [5, 5.41) is 19.0. The highest BCUT2D eigenvalue weighted by molar-refractivity contribution is 9.10. The van der Waals surface area contributed by atoms with Gasteiger partial charge in [0.2, 0.25) is 0 Å². The zero-order valence-corrected chi connectivity index (χ0v) is 15.0. The third kappa shape index (κ3) is 3.76. The summed E-state index contributed by atoms with van der Waals surface area (Å²) in [6.07, 6.45) is 0. The molecule has 0 amide bonds. The van der Waals surface area contributed by atoms with Gasteiger partial charge >= 0.3 is 0 Å². The first-order valence-corrected chi connectivity index (χ1v) is 9.05. The fourth-order valence-electron chi connectivity index (χ4n) is 2.23. The molecule has 118 valence electrons. The summed E-state index contributed by atoms with van der Waals surface area (Å²) in [6.45, 7) is 2.88. The smallest absolute Gasteiger partial charge is 0.191 e. The summed E-state index contributed by atoms with van der Waals surface area (Å²) >= 11 is 5.12. The molecule has 2 aromatic carbocycles. The number of nitrogens with zero attached hydrogens (tertiary/aromatic N) is 3. The fourth-order valence-corrected chi connectivity index (χ4v) is 3.46. The molecule has 4 nitrogen and oxygen atoms in total. The van der Waals surface area contributed by atoms with Gasteiger partial charge in [0.1, 0.15) is 5.75 Å². The highest BCUT2D eigenvalue weighted by atomic mass is 79.9. The lowest BCUT2D eigenvalue weighted by Crippen LogP contribution is -1.99. The normalized spacial score (nSPS) is 10.9. The van der Waals surface area contributed by atoms with Crippen LogP contribution in [0.25, 0.3) is 11.4 Å².